The molecule has 2 nitrogen and oxygen atoms in total. The second kappa shape index (κ2) is 3.39. The van der Waals surface area contributed by atoms with E-state index >= 15 is 0 Å². The first kappa shape index (κ1) is 9.71. The Morgan fingerprint density at radius 3 is 2.43 bits per heavy atom. The minimum absolute atomic E-state index is 0.198. The van der Waals surface area contributed by atoms with Gasteiger partial charge in [0, 0.05) is 4.47 Å². The summed E-state index contributed by atoms with van der Waals surface area (Å²) in [4.78, 5) is 11.5. The zero-order valence-corrected chi connectivity index (χ0v) is 9.38. The average Bonchev–Trinajstić information content (AvgIpc) is 2.05. The molecular formula is C11H12BrNO. The lowest BCUT2D eigenvalue weighted by atomic mass is 9.64. The third-order valence-electron chi connectivity index (χ3n) is 3.07. The minimum Gasteiger partial charge on any atom is -0.369 e. The highest BCUT2D eigenvalue weighted by atomic mass is 79.9. The highest BCUT2D eigenvalue weighted by Gasteiger charge is 2.45. The van der Waals surface area contributed by atoms with Gasteiger partial charge >= 0.3 is 0 Å². The van der Waals surface area contributed by atoms with Crippen LogP contribution in [0.5, 0.6) is 0 Å². The third-order valence-corrected chi connectivity index (χ3v) is 3.76. The molecule has 0 saturated heterocycles. The molecule has 1 aromatic rings. The first-order valence-corrected chi connectivity index (χ1v) is 5.51. The number of halogens is 1. The second-order valence-corrected chi connectivity index (χ2v) is 4.63. The van der Waals surface area contributed by atoms with Crippen molar-refractivity contribution >= 4 is 21.8 Å². The number of amides is 1. The summed E-state index contributed by atoms with van der Waals surface area (Å²) in [6.45, 7) is 0. The zero-order valence-electron chi connectivity index (χ0n) is 7.79. The lowest BCUT2D eigenvalue weighted by Crippen LogP contribution is -2.46. The van der Waals surface area contributed by atoms with Gasteiger partial charge in [-0.2, -0.15) is 0 Å². The topological polar surface area (TPSA) is 43.1 Å². The van der Waals surface area contributed by atoms with Crippen molar-refractivity contribution in [3.05, 3.63) is 34.3 Å². The highest BCUT2D eigenvalue weighted by Crippen LogP contribution is 2.45. The van der Waals surface area contributed by atoms with Crippen LogP contribution in [0.3, 0.4) is 0 Å². The molecule has 14 heavy (non-hydrogen) atoms. The molecule has 3 heteroatoms. The van der Waals surface area contributed by atoms with Gasteiger partial charge in [0.25, 0.3) is 0 Å². The van der Waals surface area contributed by atoms with Crippen LogP contribution in [0.2, 0.25) is 0 Å². The smallest absolute Gasteiger partial charge is 0.228 e. The Kier molecular flexibility index (Phi) is 2.35. The van der Waals surface area contributed by atoms with E-state index in [1.54, 1.807) is 0 Å². The van der Waals surface area contributed by atoms with E-state index in [-0.39, 0.29) is 5.91 Å². The Labute approximate surface area is 91.6 Å². The Balaban J connectivity index is 2.47. The van der Waals surface area contributed by atoms with Gasteiger partial charge in [0.2, 0.25) is 5.91 Å². The summed E-state index contributed by atoms with van der Waals surface area (Å²) >= 11 is 3.47. The van der Waals surface area contributed by atoms with E-state index < -0.39 is 5.41 Å². The van der Waals surface area contributed by atoms with E-state index in [0.717, 1.165) is 29.3 Å². The van der Waals surface area contributed by atoms with Crippen molar-refractivity contribution in [3.63, 3.8) is 0 Å². The molecule has 2 N–H and O–H groups in total. The molecule has 1 fully saturated rings. The predicted molar refractivity (Wildman–Crippen MR) is 58.9 cm³/mol. The van der Waals surface area contributed by atoms with Crippen molar-refractivity contribution in [1.82, 2.24) is 0 Å². The van der Waals surface area contributed by atoms with Crippen LogP contribution in [0.4, 0.5) is 0 Å². The second-order valence-electron chi connectivity index (χ2n) is 3.78. The fourth-order valence-corrected chi connectivity index (χ4v) is 2.69. The van der Waals surface area contributed by atoms with Crippen LogP contribution in [0.25, 0.3) is 0 Å². The molecule has 2 rings (SSSR count). The number of carbonyl (C=O) groups is 1. The first-order chi connectivity index (χ1) is 6.67. The SMILES string of the molecule is NC(=O)C1(c2ccccc2Br)CCC1. The summed E-state index contributed by atoms with van der Waals surface area (Å²) < 4.78 is 0.985. The van der Waals surface area contributed by atoms with E-state index in [0.29, 0.717) is 0 Å². The molecule has 1 amide bonds. The Morgan fingerprint density at radius 1 is 1.36 bits per heavy atom. The quantitative estimate of drug-likeness (QED) is 0.864. The van der Waals surface area contributed by atoms with Gasteiger partial charge in [0.15, 0.2) is 0 Å². The number of primary amides is 1. The molecule has 1 aliphatic carbocycles. The van der Waals surface area contributed by atoms with Crippen LogP contribution in [0, 0.1) is 0 Å². The van der Waals surface area contributed by atoms with Gasteiger partial charge in [-0.3, -0.25) is 4.79 Å². The van der Waals surface area contributed by atoms with Gasteiger partial charge in [-0.15, -0.1) is 0 Å². The summed E-state index contributed by atoms with van der Waals surface area (Å²) in [7, 11) is 0. The number of rotatable bonds is 2. The van der Waals surface area contributed by atoms with Crippen molar-refractivity contribution in [2.45, 2.75) is 24.7 Å². The maximum atomic E-state index is 11.5. The van der Waals surface area contributed by atoms with Gasteiger partial charge in [-0.1, -0.05) is 40.5 Å². The van der Waals surface area contributed by atoms with Crippen molar-refractivity contribution in [3.8, 4) is 0 Å². The average molecular weight is 254 g/mol. The first-order valence-electron chi connectivity index (χ1n) is 4.72. The summed E-state index contributed by atoms with van der Waals surface area (Å²) in [5.41, 5.74) is 6.11. The number of carbonyl (C=O) groups excluding carboxylic acids is 1. The zero-order chi connectivity index (χ0) is 10.2. The lowest BCUT2D eigenvalue weighted by Gasteiger charge is -2.39. The number of nitrogens with two attached hydrogens (primary N) is 1. The molecule has 0 atom stereocenters. The summed E-state index contributed by atoms with van der Waals surface area (Å²) in [6.07, 6.45) is 2.85. The van der Waals surface area contributed by atoms with Crippen molar-refractivity contribution in [1.29, 1.82) is 0 Å². The summed E-state index contributed by atoms with van der Waals surface area (Å²) in [5, 5.41) is 0. The molecule has 1 saturated carbocycles. The Hall–Kier alpha value is -0.830. The molecule has 0 aliphatic heterocycles. The summed E-state index contributed by atoms with van der Waals surface area (Å²) in [5.74, 6) is -0.198. The fourth-order valence-electron chi connectivity index (χ4n) is 2.03. The number of hydrogen-bond donors (Lipinski definition) is 1. The largest absolute Gasteiger partial charge is 0.369 e. The van der Waals surface area contributed by atoms with E-state index in [4.69, 9.17) is 5.73 Å². The van der Waals surface area contributed by atoms with E-state index in [2.05, 4.69) is 15.9 Å². The fraction of sp³-hybridized carbons (Fsp3) is 0.364. The van der Waals surface area contributed by atoms with Crippen LogP contribution in [-0.2, 0) is 10.2 Å². The van der Waals surface area contributed by atoms with Crippen molar-refractivity contribution in [2.24, 2.45) is 5.73 Å². The molecule has 0 radical (unpaired) electrons. The van der Waals surface area contributed by atoms with E-state index in [9.17, 15) is 4.79 Å². The van der Waals surface area contributed by atoms with Gasteiger partial charge in [0.1, 0.15) is 0 Å². The molecular weight excluding hydrogens is 242 g/mol. The normalized spacial score (nSPS) is 18.6. The third kappa shape index (κ3) is 1.27. The van der Waals surface area contributed by atoms with Gasteiger partial charge < -0.3 is 5.73 Å². The molecule has 74 valence electrons. The minimum atomic E-state index is -0.403. The molecule has 0 aromatic heterocycles. The lowest BCUT2D eigenvalue weighted by molar-refractivity contribution is -0.126. The van der Waals surface area contributed by atoms with Crippen LogP contribution in [-0.4, -0.2) is 5.91 Å². The van der Waals surface area contributed by atoms with Crippen LogP contribution in [0.15, 0.2) is 28.7 Å². The van der Waals surface area contributed by atoms with Crippen LogP contribution >= 0.6 is 15.9 Å². The van der Waals surface area contributed by atoms with E-state index in [1.807, 2.05) is 24.3 Å². The molecule has 0 bridgehead atoms. The number of benzene rings is 1. The Bertz CT molecular complexity index is 371. The van der Waals surface area contributed by atoms with Crippen molar-refractivity contribution < 1.29 is 4.79 Å². The maximum absolute atomic E-state index is 11.5. The molecule has 0 unspecified atom stereocenters. The van der Waals surface area contributed by atoms with Crippen LogP contribution < -0.4 is 5.73 Å². The van der Waals surface area contributed by atoms with Crippen LogP contribution in [0.1, 0.15) is 24.8 Å². The van der Waals surface area contributed by atoms with Gasteiger partial charge in [0.05, 0.1) is 5.41 Å². The van der Waals surface area contributed by atoms with E-state index in [1.165, 1.54) is 0 Å². The maximum Gasteiger partial charge on any atom is 0.228 e. The monoisotopic (exact) mass is 253 g/mol. The molecule has 0 heterocycles. The van der Waals surface area contributed by atoms with Gasteiger partial charge in [-0.05, 0) is 24.5 Å². The molecule has 0 spiro atoms. The molecule has 1 aromatic carbocycles. The highest BCUT2D eigenvalue weighted by molar-refractivity contribution is 9.10. The van der Waals surface area contributed by atoms with Gasteiger partial charge in [-0.25, -0.2) is 0 Å². The molecule has 1 aliphatic rings. The number of hydrogen-bond acceptors (Lipinski definition) is 1. The Morgan fingerprint density at radius 2 is 2.00 bits per heavy atom. The van der Waals surface area contributed by atoms with Crippen molar-refractivity contribution in [2.75, 3.05) is 0 Å². The standard InChI is InChI=1S/C11H12BrNO/c12-9-5-2-1-4-8(9)11(10(13)14)6-3-7-11/h1-2,4-5H,3,6-7H2,(H2,13,14). The predicted octanol–water partition coefficient (Wildman–Crippen LogP) is 2.36. The summed E-state index contributed by atoms with van der Waals surface area (Å²) in [6, 6.07) is 7.83.